The zero-order chi connectivity index (χ0) is 27.2. The number of amides is 2. The van der Waals surface area contributed by atoms with Crippen molar-refractivity contribution in [1.29, 1.82) is 5.41 Å². The van der Waals surface area contributed by atoms with E-state index in [9.17, 15) is 13.2 Å². The number of nitrogens with zero attached hydrogens (tertiary/aromatic N) is 1. The summed E-state index contributed by atoms with van der Waals surface area (Å²) in [5, 5.41) is 10.6. The Morgan fingerprint density at radius 3 is 2.30 bits per heavy atom. The summed E-state index contributed by atoms with van der Waals surface area (Å²) in [7, 11) is -3.73. The van der Waals surface area contributed by atoms with Gasteiger partial charge in [0.25, 0.3) is 0 Å². The lowest BCUT2D eigenvalue weighted by Crippen LogP contribution is -2.40. The molecule has 196 valence electrons. The Morgan fingerprint density at radius 1 is 1.00 bits per heavy atom. The first-order valence-corrected chi connectivity index (χ1v) is 13.6. The van der Waals surface area contributed by atoms with Gasteiger partial charge in [0.05, 0.1) is 4.90 Å². The van der Waals surface area contributed by atoms with E-state index in [1.165, 1.54) is 0 Å². The molecule has 0 aliphatic carbocycles. The summed E-state index contributed by atoms with van der Waals surface area (Å²) in [4.78, 5) is 15.0. The molecule has 9 heteroatoms. The molecule has 0 aliphatic heterocycles. The molecule has 0 bridgehead atoms. The minimum Gasteiger partial charge on any atom is -0.384 e. The standard InChI is InChI=1S/C28H35N5O3S/c1-5-17-33(19-20-9-8-10-22(18-20)26(29)30)27(34)31-23-15-13-21(14-16-23)24-11-6-7-12-25(24)37(35,36)32-28(2,3)4/h6-16,18,32H,5,17,19H2,1-4H3,(H3,29,30)(H,31,34). The highest BCUT2D eigenvalue weighted by molar-refractivity contribution is 7.89. The number of benzene rings is 3. The molecule has 0 saturated heterocycles. The first-order chi connectivity index (χ1) is 17.4. The highest BCUT2D eigenvalue weighted by Crippen LogP contribution is 2.29. The van der Waals surface area contributed by atoms with Gasteiger partial charge in [-0.2, -0.15) is 0 Å². The van der Waals surface area contributed by atoms with Gasteiger partial charge in [-0.15, -0.1) is 0 Å². The van der Waals surface area contributed by atoms with Crippen LogP contribution in [0.15, 0.2) is 77.7 Å². The molecule has 0 atom stereocenters. The first kappa shape index (κ1) is 27.9. The van der Waals surface area contributed by atoms with Gasteiger partial charge in [-0.3, -0.25) is 5.41 Å². The number of sulfonamides is 1. The minimum atomic E-state index is -3.73. The third-order valence-corrected chi connectivity index (χ3v) is 7.27. The van der Waals surface area contributed by atoms with Crippen molar-refractivity contribution in [1.82, 2.24) is 9.62 Å². The van der Waals surface area contributed by atoms with Gasteiger partial charge < -0.3 is 16.0 Å². The van der Waals surface area contributed by atoms with Crippen molar-refractivity contribution in [3.63, 3.8) is 0 Å². The second-order valence-corrected chi connectivity index (χ2v) is 11.5. The average Bonchev–Trinajstić information content (AvgIpc) is 2.83. The number of amidine groups is 1. The molecule has 8 nitrogen and oxygen atoms in total. The summed E-state index contributed by atoms with van der Waals surface area (Å²) >= 11 is 0. The lowest BCUT2D eigenvalue weighted by molar-refractivity contribution is 0.209. The molecule has 0 radical (unpaired) electrons. The van der Waals surface area contributed by atoms with Crippen molar-refractivity contribution in [2.45, 2.75) is 51.1 Å². The fourth-order valence-electron chi connectivity index (χ4n) is 3.91. The van der Waals surface area contributed by atoms with Crippen LogP contribution in [0.1, 0.15) is 45.2 Å². The van der Waals surface area contributed by atoms with Gasteiger partial charge in [0.15, 0.2) is 0 Å². The fraction of sp³-hybridized carbons (Fsp3) is 0.286. The van der Waals surface area contributed by atoms with Crippen LogP contribution in [0.4, 0.5) is 10.5 Å². The van der Waals surface area contributed by atoms with Gasteiger partial charge in [0.2, 0.25) is 10.0 Å². The van der Waals surface area contributed by atoms with Gasteiger partial charge in [0, 0.05) is 35.4 Å². The minimum absolute atomic E-state index is 0.0167. The molecule has 3 rings (SSSR count). The van der Waals surface area contributed by atoms with Crippen LogP contribution in [0.3, 0.4) is 0 Å². The molecule has 5 N–H and O–H groups in total. The predicted molar refractivity (Wildman–Crippen MR) is 149 cm³/mol. The van der Waals surface area contributed by atoms with Crippen LogP contribution < -0.4 is 15.8 Å². The van der Waals surface area contributed by atoms with Crippen LogP contribution in [-0.4, -0.2) is 37.3 Å². The number of hydrogen-bond donors (Lipinski definition) is 4. The van der Waals surface area contributed by atoms with Crippen molar-refractivity contribution < 1.29 is 13.2 Å². The van der Waals surface area contributed by atoms with E-state index >= 15 is 0 Å². The van der Waals surface area contributed by atoms with E-state index < -0.39 is 15.6 Å². The number of nitrogen functional groups attached to an aromatic ring is 1. The molecular weight excluding hydrogens is 486 g/mol. The number of anilines is 1. The Hall–Kier alpha value is -3.69. The summed E-state index contributed by atoms with van der Waals surface area (Å²) < 4.78 is 28.7. The van der Waals surface area contributed by atoms with Gasteiger partial charge in [-0.25, -0.2) is 17.9 Å². The van der Waals surface area contributed by atoms with Crippen LogP contribution >= 0.6 is 0 Å². The Balaban J connectivity index is 1.79. The third kappa shape index (κ3) is 7.65. The Morgan fingerprint density at radius 2 is 1.68 bits per heavy atom. The lowest BCUT2D eigenvalue weighted by atomic mass is 10.1. The van der Waals surface area contributed by atoms with Gasteiger partial charge >= 0.3 is 6.03 Å². The molecule has 0 heterocycles. The predicted octanol–water partition coefficient (Wildman–Crippen LogP) is 5.16. The van der Waals surface area contributed by atoms with E-state index in [0.717, 1.165) is 17.5 Å². The largest absolute Gasteiger partial charge is 0.384 e. The molecule has 0 fully saturated rings. The van der Waals surface area contributed by atoms with Crippen molar-refractivity contribution in [3.05, 3.63) is 83.9 Å². The highest BCUT2D eigenvalue weighted by Gasteiger charge is 2.24. The van der Waals surface area contributed by atoms with Crippen molar-refractivity contribution in [3.8, 4) is 11.1 Å². The number of urea groups is 1. The van der Waals surface area contributed by atoms with E-state index in [0.29, 0.717) is 29.9 Å². The Labute approximate surface area is 219 Å². The smallest absolute Gasteiger partial charge is 0.322 e. The molecule has 0 aliphatic rings. The van der Waals surface area contributed by atoms with Crippen LogP contribution in [-0.2, 0) is 16.6 Å². The Kier molecular flexibility index (Phi) is 8.73. The van der Waals surface area contributed by atoms with Gasteiger partial charge in [-0.1, -0.05) is 55.5 Å². The normalized spacial score (nSPS) is 11.7. The molecule has 0 unspecified atom stereocenters. The highest BCUT2D eigenvalue weighted by atomic mass is 32.2. The summed E-state index contributed by atoms with van der Waals surface area (Å²) in [6, 6.07) is 21.0. The average molecular weight is 522 g/mol. The van der Waals surface area contributed by atoms with Gasteiger partial charge in [-0.05, 0) is 62.6 Å². The second kappa shape index (κ2) is 11.6. The second-order valence-electron chi connectivity index (χ2n) is 9.89. The van der Waals surface area contributed by atoms with E-state index in [4.69, 9.17) is 11.1 Å². The molecular formula is C28H35N5O3S. The Bertz CT molecular complexity index is 1360. The number of carbonyl (C=O) groups is 1. The third-order valence-electron chi connectivity index (χ3n) is 5.46. The van der Waals surface area contributed by atoms with Crippen LogP contribution in [0.25, 0.3) is 11.1 Å². The maximum absolute atomic E-state index is 13.1. The molecule has 2 amide bonds. The SMILES string of the molecule is CCCN(Cc1cccc(C(=N)N)c1)C(=O)Nc1ccc(-c2ccccc2S(=O)(=O)NC(C)(C)C)cc1. The van der Waals surface area contributed by atoms with Crippen molar-refractivity contribution in [2.75, 3.05) is 11.9 Å². The first-order valence-electron chi connectivity index (χ1n) is 12.1. The van der Waals surface area contributed by atoms with Crippen LogP contribution in [0, 0.1) is 5.41 Å². The monoisotopic (exact) mass is 521 g/mol. The van der Waals surface area contributed by atoms with E-state index in [2.05, 4.69) is 10.0 Å². The fourth-order valence-corrected chi connectivity index (χ4v) is 5.56. The maximum Gasteiger partial charge on any atom is 0.322 e. The quantitative estimate of drug-likeness (QED) is 0.229. The maximum atomic E-state index is 13.1. The zero-order valence-corrected chi connectivity index (χ0v) is 22.5. The molecule has 37 heavy (non-hydrogen) atoms. The summed E-state index contributed by atoms with van der Waals surface area (Å²) in [6.45, 7) is 8.33. The number of hydrogen-bond acceptors (Lipinski definition) is 4. The molecule has 0 aromatic heterocycles. The van der Waals surface area contributed by atoms with Crippen LogP contribution in [0.2, 0.25) is 0 Å². The van der Waals surface area contributed by atoms with E-state index in [-0.39, 0.29) is 16.8 Å². The van der Waals surface area contributed by atoms with E-state index in [1.807, 2.05) is 25.1 Å². The van der Waals surface area contributed by atoms with Gasteiger partial charge in [0.1, 0.15) is 5.84 Å². The van der Waals surface area contributed by atoms with Crippen LogP contribution in [0.5, 0.6) is 0 Å². The molecule has 0 spiro atoms. The number of nitrogens with two attached hydrogens (primary N) is 1. The zero-order valence-electron chi connectivity index (χ0n) is 21.7. The summed E-state index contributed by atoms with van der Waals surface area (Å²) in [6.07, 6.45) is 0.784. The summed E-state index contributed by atoms with van der Waals surface area (Å²) in [5.74, 6) is -0.0167. The van der Waals surface area contributed by atoms with Crippen molar-refractivity contribution in [2.24, 2.45) is 5.73 Å². The molecule has 0 saturated carbocycles. The number of nitrogens with one attached hydrogen (secondary N) is 3. The topological polar surface area (TPSA) is 128 Å². The summed E-state index contributed by atoms with van der Waals surface area (Å²) in [5.41, 5.74) is 8.38. The molecule has 3 aromatic rings. The van der Waals surface area contributed by atoms with E-state index in [1.54, 1.807) is 80.3 Å². The molecule has 3 aromatic carbocycles. The number of carbonyl (C=O) groups excluding carboxylic acids is 1. The number of rotatable bonds is 9. The van der Waals surface area contributed by atoms with Crippen molar-refractivity contribution >= 4 is 27.6 Å². The lowest BCUT2D eigenvalue weighted by Gasteiger charge is -2.23.